The number of benzene rings is 1. The number of nitrogens with zero attached hydrogens (tertiary/aromatic N) is 5. The summed E-state index contributed by atoms with van der Waals surface area (Å²) in [5, 5.41) is 4.46. The van der Waals surface area contributed by atoms with Crippen molar-refractivity contribution in [3.63, 3.8) is 0 Å². The minimum atomic E-state index is -0.279. The lowest BCUT2D eigenvalue weighted by atomic mass is 10.0. The van der Waals surface area contributed by atoms with Crippen molar-refractivity contribution in [1.82, 2.24) is 19.5 Å². The summed E-state index contributed by atoms with van der Waals surface area (Å²) in [4.78, 5) is 21.6. The Morgan fingerprint density at radius 1 is 1.09 bits per heavy atom. The Morgan fingerprint density at radius 2 is 1.94 bits per heavy atom. The highest BCUT2D eigenvalue weighted by atomic mass is 16.7. The number of rotatable bonds is 4. The number of amides is 1. The molecule has 34 heavy (non-hydrogen) atoms. The molecule has 0 radical (unpaired) electrons. The Hall–Kier alpha value is -3.37. The van der Waals surface area contributed by atoms with Gasteiger partial charge in [-0.25, -0.2) is 14.3 Å². The summed E-state index contributed by atoms with van der Waals surface area (Å²) in [5.74, 6) is 1.78. The molecule has 3 fully saturated rings. The lowest BCUT2D eigenvalue weighted by Gasteiger charge is -2.35. The first-order valence-electron chi connectivity index (χ1n) is 11.6. The molecule has 3 atom stereocenters. The van der Waals surface area contributed by atoms with Gasteiger partial charge in [0.1, 0.15) is 17.7 Å². The van der Waals surface area contributed by atoms with E-state index in [-0.39, 0.29) is 24.4 Å². The normalized spacial score (nSPS) is 24.4. The molecule has 3 aliphatic rings. The van der Waals surface area contributed by atoms with Crippen LogP contribution in [0.25, 0.3) is 16.8 Å². The maximum Gasteiger partial charge on any atom is 0.410 e. The number of fused-ring (bicyclic) bond motifs is 2. The fourth-order valence-corrected chi connectivity index (χ4v) is 4.96. The average molecular weight is 466 g/mol. The third-order valence-corrected chi connectivity index (χ3v) is 6.85. The molecule has 1 amide bonds. The summed E-state index contributed by atoms with van der Waals surface area (Å²) in [6, 6.07) is 9.80. The van der Waals surface area contributed by atoms with Crippen LogP contribution < -0.4 is 9.64 Å². The fourth-order valence-electron chi connectivity index (χ4n) is 4.96. The van der Waals surface area contributed by atoms with Crippen LogP contribution in [0.1, 0.15) is 6.42 Å². The van der Waals surface area contributed by atoms with Crippen molar-refractivity contribution < 1.29 is 23.7 Å². The molecule has 2 aromatic heterocycles. The van der Waals surface area contributed by atoms with Crippen LogP contribution in [-0.2, 0) is 14.2 Å². The Labute approximate surface area is 197 Å². The lowest BCUT2D eigenvalue weighted by molar-refractivity contribution is -0.0907. The highest BCUT2D eigenvalue weighted by Crippen LogP contribution is 2.34. The van der Waals surface area contributed by atoms with Crippen LogP contribution in [0.3, 0.4) is 0 Å². The van der Waals surface area contributed by atoms with E-state index in [4.69, 9.17) is 23.9 Å². The van der Waals surface area contributed by atoms with Crippen LogP contribution in [0.4, 0.5) is 10.6 Å². The number of anilines is 1. The summed E-state index contributed by atoms with van der Waals surface area (Å²) < 4.78 is 24.2. The number of carbonyl (C=O) groups is 1. The summed E-state index contributed by atoms with van der Waals surface area (Å²) >= 11 is 0. The zero-order valence-corrected chi connectivity index (χ0v) is 19.0. The summed E-state index contributed by atoms with van der Waals surface area (Å²) in [6.07, 6.45) is 3.87. The molecule has 10 heteroatoms. The SMILES string of the molecule is COc1ccccc1-c1cnn2ccc(N3CCN(C(=O)O[C@H]4CO[C@H]5OCC[C@H]54)CC3)nc12. The van der Waals surface area contributed by atoms with Gasteiger partial charge in [0, 0.05) is 37.9 Å². The topological polar surface area (TPSA) is 90.7 Å². The van der Waals surface area contributed by atoms with Crippen molar-refractivity contribution in [1.29, 1.82) is 0 Å². The molecule has 10 nitrogen and oxygen atoms in total. The summed E-state index contributed by atoms with van der Waals surface area (Å²) in [6.45, 7) is 3.56. The van der Waals surface area contributed by atoms with Gasteiger partial charge in [-0.3, -0.25) is 0 Å². The van der Waals surface area contributed by atoms with Gasteiger partial charge in [0.2, 0.25) is 0 Å². The first kappa shape index (κ1) is 21.2. The number of aromatic nitrogens is 3. The molecular weight excluding hydrogens is 438 g/mol. The van der Waals surface area contributed by atoms with E-state index in [1.807, 2.05) is 42.7 Å². The Morgan fingerprint density at radius 3 is 2.79 bits per heavy atom. The van der Waals surface area contributed by atoms with Gasteiger partial charge in [0.05, 0.1) is 38.0 Å². The number of piperazine rings is 1. The lowest BCUT2D eigenvalue weighted by Crippen LogP contribution is -2.50. The molecule has 6 rings (SSSR count). The van der Waals surface area contributed by atoms with E-state index in [9.17, 15) is 4.79 Å². The quantitative estimate of drug-likeness (QED) is 0.580. The second-order valence-corrected chi connectivity index (χ2v) is 8.73. The van der Waals surface area contributed by atoms with Gasteiger partial charge >= 0.3 is 6.09 Å². The first-order valence-corrected chi connectivity index (χ1v) is 11.6. The smallest absolute Gasteiger partial charge is 0.410 e. The molecule has 0 aliphatic carbocycles. The van der Waals surface area contributed by atoms with E-state index in [0.29, 0.717) is 39.4 Å². The van der Waals surface area contributed by atoms with Gasteiger partial charge in [0.15, 0.2) is 11.9 Å². The van der Waals surface area contributed by atoms with Crippen molar-refractivity contribution in [2.45, 2.75) is 18.8 Å². The zero-order chi connectivity index (χ0) is 23.1. The number of hydrogen-bond donors (Lipinski definition) is 0. The van der Waals surface area contributed by atoms with E-state index in [2.05, 4.69) is 10.00 Å². The van der Waals surface area contributed by atoms with Crippen LogP contribution in [0.5, 0.6) is 5.75 Å². The molecule has 1 aromatic carbocycles. The van der Waals surface area contributed by atoms with Crippen molar-refractivity contribution in [3.05, 3.63) is 42.7 Å². The molecule has 3 aliphatic heterocycles. The van der Waals surface area contributed by atoms with Gasteiger partial charge in [-0.2, -0.15) is 5.10 Å². The van der Waals surface area contributed by atoms with E-state index in [1.165, 1.54) is 0 Å². The molecule has 3 aromatic rings. The molecule has 0 unspecified atom stereocenters. The van der Waals surface area contributed by atoms with Crippen LogP contribution in [0, 0.1) is 5.92 Å². The number of ether oxygens (including phenoxy) is 4. The second kappa shape index (κ2) is 8.77. The van der Waals surface area contributed by atoms with Gasteiger partial charge in [0.25, 0.3) is 0 Å². The molecular formula is C24H27N5O5. The van der Waals surface area contributed by atoms with Crippen molar-refractivity contribution in [2.24, 2.45) is 5.92 Å². The van der Waals surface area contributed by atoms with Crippen LogP contribution in [0.15, 0.2) is 42.7 Å². The van der Waals surface area contributed by atoms with Gasteiger partial charge in [-0.15, -0.1) is 0 Å². The largest absolute Gasteiger partial charge is 0.496 e. The maximum absolute atomic E-state index is 12.7. The Kier molecular flexibility index (Phi) is 5.46. The highest BCUT2D eigenvalue weighted by Gasteiger charge is 2.44. The Balaban J connectivity index is 1.14. The minimum absolute atomic E-state index is 0.147. The average Bonchev–Trinajstić information content (AvgIpc) is 3.61. The first-order chi connectivity index (χ1) is 16.7. The summed E-state index contributed by atoms with van der Waals surface area (Å²) in [7, 11) is 1.66. The number of para-hydroxylation sites is 1. The number of hydrogen-bond acceptors (Lipinski definition) is 8. The molecule has 3 saturated heterocycles. The van der Waals surface area contributed by atoms with Gasteiger partial charge < -0.3 is 28.7 Å². The zero-order valence-electron chi connectivity index (χ0n) is 19.0. The maximum atomic E-state index is 12.7. The third kappa shape index (κ3) is 3.72. The molecule has 0 N–H and O–H groups in total. The van der Waals surface area contributed by atoms with Crippen molar-refractivity contribution in [2.75, 3.05) is 51.4 Å². The molecule has 5 heterocycles. The molecule has 0 spiro atoms. The monoisotopic (exact) mass is 465 g/mol. The van der Waals surface area contributed by atoms with E-state index in [1.54, 1.807) is 16.5 Å². The van der Waals surface area contributed by atoms with E-state index < -0.39 is 0 Å². The van der Waals surface area contributed by atoms with Crippen molar-refractivity contribution in [3.8, 4) is 16.9 Å². The fraction of sp³-hybridized carbons (Fsp3) is 0.458. The number of methoxy groups -OCH3 is 1. The van der Waals surface area contributed by atoms with Gasteiger partial charge in [-0.1, -0.05) is 18.2 Å². The number of carbonyl (C=O) groups excluding carboxylic acids is 1. The second-order valence-electron chi connectivity index (χ2n) is 8.73. The van der Waals surface area contributed by atoms with Crippen LogP contribution in [0.2, 0.25) is 0 Å². The Bertz CT molecular complexity index is 1190. The van der Waals surface area contributed by atoms with Crippen LogP contribution in [-0.4, -0.2) is 84.5 Å². The predicted octanol–water partition coefficient (Wildman–Crippen LogP) is 2.42. The van der Waals surface area contributed by atoms with Crippen molar-refractivity contribution >= 4 is 17.6 Å². The predicted molar refractivity (Wildman–Crippen MR) is 123 cm³/mol. The minimum Gasteiger partial charge on any atom is -0.496 e. The van der Waals surface area contributed by atoms with Gasteiger partial charge in [-0.05, 0) is 18.6 Å². The van der Waals surface area contributed by atoms with E-state index in [0.717, 1.165) is 34.8 Å². The standard InChI is InChI=1S/C24H27N5O5/c1-31-19-5-3-2-4-16(19)18-14-25-29-8-6-21(26-22(18)29)27-9-11-28(12-10-27)24(30)34-20-15-33-23-17(20)7-13-32-23/h2-6,8,14,17,20,23H,7,9-13,15H2,1H3/t17-,20-,23+/m0/s1. The van der Waals surface area contributed by atoms with Crippen LogP contribution >= 0.6 is 0 Å². The molecule has 178 valence electrons. The molecule has 0 saturated carbocycles. The highest BCUT2D eigenvalue weighted by molar-refractivity contribution is 5.81. The van der Waals surface area contributed by atoms with E-state index >= 15 is 0 Å². The molecule has 0 bridgehead atoms. The third-order valence-electron chi connectivity index (χ3n) is 6.85. The summed E-state index contributed by atoms with van der Waals surface area (Å²) in [5.41, 5.74) is 2.62.